The Hall–Kier alpha value is -1.15. The third kappa shape index (κ3) is 4.41. The number of nitrogens with one attached hydrogen (secondary N) is 1. The van der Waals surface area contributed by atoms with Crippen molar-refractivity contribution in [2.24, 2.45) is 0 Å². The zero-order valence-electron chi connectivity index (χ0n) is 12.5. The van der Waals surface area contributed by atoms with Crippen LogP contribution in [0.5, 0.6) is 5.75 Å². The molecule has 1 aromatic carbocycles. The first-order valence-electron chi connectivity index (χ1n) is 7.03. The molecular weight excluding hydrogens is 292 g/mol. The molecule has 7 heteroatoms. The molecule has 1 saturated heterocycles. The zero-order valence-corrected chi connectivity index (χ0v) is 13.3. The average Bonchev–Trinajstić information content (AvgIpc) is 2.97. The summed E-state index contributed by atoms with van der Waals surface area (Å²) in [6.45, 7) is 5.00. The van der Waals surface area contributed by atoms with Gasteiger partial charge in [-0.3, -0.25) is 4.84 Å². The van der Waals surface area contributed by atoms with Gasteiger partial charge < -0.3 is 9.64 Å². The number of hydrogen-bond donors (Lipinski definition) is 1. The highest BCUT2D eigenvalue weighted by atomic mass is 32.2. The van der Waals surface area contributed by atoms with E-state index in [9.17, 15) is 8.42 Å². The molecule has 1 aliphatic rings. The SMILES string of the molecule is COc1ccc(C)cc1S(=O)(=O)NOCCN1CCCC1. The van der Waals surface area contributed by atoms with Crippen molar-refractivity contribution in [3.8, 4) is 5.75 Å². The predicted molar refractivity (Wildman–Crippen MR) is 79.7 cm³/mol. The monoisotopic (exact) mass is 314 g/mol. The average molecular weight is 314 g/mol. The van der Waals surface area contributed by atoms with Crippen LogP contribution in [0.4, 0.5) is 0 Å². The fourth-order valence-electron chi connectivity index (χ4n) is 2.34. The van der Waals surface area contributed by atoms with Crippen molar-refractivity contribution in [2.45, 2.75) is 24.7 Å². The Labute approximate surface area is 126 Å². The fourth-order valence-corrected chi connectivity index (χ4v) is 3.42. The third-order valence-electron chi connectivity index (χ3n) is 3.49. The molecule has 0 atom stereocenters. The van der Waals surface area contributed by atoms with E-state index in [-0.39, 0.29) is 4.90 Å². The van der Waals surface area contributed by atoms with Crippen LogP contribution in [0.1, 0.15) is 18.4 Å². The minimum atomic E-state index is -3.74. The first-order valence-corrected chi connectivity index (χ1v) is 8.52. The maximum atomic E-state index is 12.2. The van der Waals surface area contributed by atoms with Gasteiger partial charge in [-0.05, 0) is 50.6 Å². The number of hydrogen-bond acceptors (Lipinski definition) is 5. The van der Waals surface area contributed by atoms with Crippen LogP contribution >= 0.6 is 0 Å². The van der Waals surface area contributed by atoms with Crippen LogP contribution in [0, 0.1) is 6.92 Å². The lowest BCUT2D eigenvalue weighted by Gasteiger charge is -2.15. The molecule has 1 fully saturated rings. The van der Waals surface area contributed by atoms with E-state index in [1.54, 1.807) is 18.2 Å². The molecule has 118 valence electrons. The highest BCUT2D eigenvalue weighted by Gasteiger charge is 2.20. The maximum absolute atomic E-state index is 12.2. The fraction of sp³-hybridized carbons (Fsp3) is 0.571. The first kappa shape index (κ1) is 16.2. The molecule has 2 rings (SSSR count). The number of aryl methyl sites for hydroxylation is 1. The van der Waals surface area contributed by atoms with E-state index in [0.29, 0.717) is 12.4 Å². The van der Waals surface area contributed by atoms with E-state index < -0.39 is 10.0 Å². The molecule has 1 N–H and O–H groups in total. The van der Waals surface area contributed by atoms with Crippen LogP contribution in [0.3, 0.4) is 0 Å². The molecule has 1 aliphatic heterocycles. The molecule has 0 bridgehead atoms. The van der Waals surface area contributed by atoms with Crippen molar-refractivity contribution >= 4 is 10.0 Å². The van der Waals surface area contributed by atoms with Crippen molar-refractivity contribution < 1.29 is 18.0 Å². The number of likely N-dealkylation sites (tertiary alicyclic amines) is 1. The number of methoxy groups -OCH3 is 1. The number of sulfonamides is 1. The zero-order chi connectivity index (χ0) is 15.3. The summed E-state index contributed by atoms with van der Waals surface area (Å²) < 4.78 is 29.6. The Morgan fingerprint density at radius 2 is 2.00 bits per heavy atom. The largest absolute Gasteiger partial charge is 0.495 e. The van der Waals surface area contributed by atoms with Gasteiger partial charge in [0, 0.05) is 6.54 Å². The minimum Gasteiger partial charge on any atom is -0.495 e. The summed E-state index contributed by atoms with van der Waals surface area (Å²) in [5, 5.41) is 0. The lowest BCUT2D eigenvalue weighted by Crippen LogP contribution is -2.30. The summed E-state index contributed by atoms with van der Waals surface area (Å²) in [7, 11) is -2.29. The summed E-state index contributed by atoms with van der Waals surface area (Å²) in [5.41, 5.74) is 0.841. The molecule has 1 aromatic rings. The van der Waals surface area contributed by atoms with Crippen molar-refractivity contribution in [3.05, 3.63) is 23.8 Å². The topological polar surface area (TPSA) is 67.9 Å². The second-order valence-corrected chi connectivity index (χ2v) is 6.75. The summed E-state index contributed by atoms with van der Waals surface area (Å²) in [5.74, 6) is 0.302. The van der Waals surface area contributed by atoms with Gasteiger partial charge in [0.25, 0.3) is 10.0 Å². The predicted octanol–water partition coefficient (Wildman–Crippen LogP) is 1.31. The van der Waals surface area contributed by atoms with Crippen molar-refractivity contribution in [2.75, 3.05) is 33.4 Å². The molecule has 0 spiro atoms. The van der Waals surface area contributed by atoms with E-state index in [1.165, 1.54) is 20.0 Å². The van der Waals surface area contributed by atoms with Gasteiger partial charge in [-0.15, -0.1) is 0 Å². The van der Waals surface area contributed by atoms with E-state index in [1.807, 2.05) is 6.92 Å². The third-order valence-corrected chi connectivity index (χ3v) is 4.72. The quantitative estimate of drug-likeness (QED) is 0.607. The van der Waals surface area contributed by atoms with Gasteiger partial charge in [-0.1, -0.05) is 11.0 Å². The normalized spacial score (nSPS) is 16.3. The number of benzene rings is 1. The molecule has 0 aliphatic carbocycles. The highest BCUT2D eigenvalue weighted by Crippen LogP contribution is 2.24. The van der Waals surface area contributed by atoms with Crippen LogP contribution in [0.15, 0.2) is 23.1 Å². The number of rotatable bonds is 7. The smallest absolute Gasteiger partial charge is 0.266 e. The van der Waals surface area contributed by atoms with E-state index >= 15 is 0 Å². The van der Waals surface area contributed by atoms with Crippen LogP contribution in [-0.2, 0) is 14.9 Å². The Kier molecular flexibility index (Phi) is 5.58. The summed E-state index contributed by atoms with van der Waals surface area (Å²) >= 11 is 0. The van der Waals surface area contributed by atoms with Gasteiger partial charge in [-0.2, -0.15) is 0 Å². The van der Waals surface area contributed by atoms with Crippen molar-refractivity contribution in [1.82, 2.24) is 9.79 Å². The van der Waals surface area contributed by atoms with Gasteiger partial charge in [-0.25, -0.2) is 8.42 Å². The molecule has 6 nitrogen and oxygen atoms in total. The molecular formula is C14H22N2O4S. The Balaban J connectivity index is 1.93. The molecule has 21 heavy (non-hydrogen) atoms. The van der Waals surface area contributed by atoms with Crippen LogP contribution in [0.25, 0.3) is 0 Å². The van der Waals surface area contributed by atoms with Crippen LogP contribution in [-0.4, -0.2) is 46.7 Å². The van der Waals surface area contributed by atoms with Crippen molar-refractivity contribution in [1.29, 1.82) is 0 Å². The van der Waals surface area contributed by atoms with E-state index in [0.717, 1.165) is 25.2 Å². The second kappa shape index (κ2) is 7.22. The Bertz CT molecular complexity index is 568. The first-order chi connectivity index (χ1) is 10.0. The lowest BCUT2D eigenvalue weighted by molar-refractivity contribution is 0.0755. The summed E-state index contributed by atoms with van der Waals surface area (Å²) in [4.78, 5) is 9.63. The van der Waals surface area contributed by atoms with E-state index in [4.69, 9.17) is 9.57 Å². The van der Waals surface area contributed by atoms with Crippen LogP contribution < -0.4 is 9.62 Å². The maximum Gasteiger partial charge on any atom is 0.266 e. The summed E-state index contributed by atoms with van der Waals surface area (Å²) in [6, 6.07) is 4.99. The highest BCUT2D eigenvalue weighted by molar-refractivity contribution is 7.89. The number of nitrogens with zero attached hydrogens (tertiary/aromatic N) is 1. The van der Waals surface area contributed by atoms with Gasteiger partial charge in [0.05, 0.1) is 13.7 Å². The summed E-state index contributed by atoms with van der Waals surface area (Å²) in [6.07, 6.45) is 2.40. The molecule has 0 aromatic heterocycles. The van der Waals surface area contributed by atoms with Crippen molar-refractivity contribution in [3.63, 3.8) is 0 Å². The standard InChI is InChI=1S/C14H22N2O4S/c1-12-5-6-13(19-2)14(11-12)21(17,18)15-20-10-9-16-7-3-4-8-16/h5-6,11,15H,3-4,7-10H2,1-2H3. The molecule has 1 heterocycles. The Morgan fingerprint density at radius 3 is 2.67 bits per heavy atom. The van der Waals surface area contributed by atoms with Gasteiger partial charge >= 0.3 is 0 Å². The molecule has 0 unspecified atom stereocenters. The molecule has 0 radical (unpaired) electrons. The lowest BCUT2D eigenvalue weighted by atomic mass is 10.2. The van der Waals surface area contributed by atoms with E-state index in [2.05, 4.69) is 9.79 Å². The number of ether oxygens (including phenoxy) is 1. The van der Waals surface area contributed by atoms with Gasteiger partial charge in [0.2, 0.25) is 0 Å². The molecule has 0 amide bonds. The molecule has 0 saturated carbocycles. The minimum absolute atomic E-state index is 0.0890. The van der Waals surface area contributed by atoms with Gasteiger partial charge in [0.15, 0.2) is 0 Å². The van der Waals surface area contributed by atoms with Crippen LogP contribution in [0.2, 0.25) is 0 Å². The van der Waals surface area contributed by atoms with Gasteiger partial charge in [0.1, 0.15) is 10.6 Å². The second-order valence-electron chi connectivity index (χ2n) is 5.14. The Morgan fingerprint density at radius 1 is 1.29 bits per heavy atom.